The number of aromatic hydroxyl groups is 1. The molecule has 3 rings (SSSR count). The Morgan fingerprint density at radius 2 is 2.10 bits per heavy atom. The quantitative estimate of drug-likeness (QED) is 0.505. The van der Waals surface area contributed by atoms with Crippen LogP contribution < -0.4 is 16.8 Å². The Kier molecular flexibility index (Phi) is 7.04. The summed E-state index contributed by atoms with van der Waals surface area (Å²) in [5.74, 6) is -0.178. The van der Waals surface area contributed by atoms with Gasteiger partial charge in [-0.05, 0) is 44.1 Å². The van der Waals surface area contributed by atoms with E-state index >= 15 is 0 Å². The number of rotatable bonds is 7. The molecule has 8 nitrogen and oxygen atoms in total. The first kappa shape index (κ1) is 22.0. The molecule has 3 heterocycles. The Bertz CT molecular complexity index is 1030. The van der Waals surface area contributed by atoms with Crippen molar-refractivity contribution in [3.8, 4) is 17.3 Å². The highest BCUT2D eigenvalue weighted by Gasteiger charge is 2.20. The molecule has 1 aliphatic rings. The van der Waals surface area contributed by atoms with Crippen LogP contribution >= 0.6 is 0 Å². The van der Waals surface area contributed by atoms with Crippen molar-refractivity contribution in [2.24, 2.45) is 5.73 Å². The van der Waals surface area contributed by atoms with E-state index in [0.29, 0.717) is 28.5 Å². The number of allylic oxidation sites excluding steroid dienone is 3. The van der Waals surface area contributed by atoms with Crippen LogP contribution in [-0.2, 0) is 0 Å². The van der Waals surface area contributed by atoms with E-state index < -0.39 is 0 Å². The minimum Gasteiger partial charge on any atom is -0.492 e. The van der Waals surface area contributed by atoms with Crippen molar-refractivity contribution in [1.29, 1.82) is 0 Å². The van der Waals surface area contributed by atoms with Crippen LogP contribution in [0, 0.1) is 0 Å². The first-order valence-corrected chi connectivity index (χ1v) is 10.2. The van der Waals surface area contributed by atoms with Crippen molar-refractivity contribution in [2.45, 2.75) is 25.8 Å². The number of nitrogen functional groups attached to an aromatic ring is 1. The molecule has 1 aliphatic heterocycles. The molecule has 2 aromatic heterocycles. The molecule has 1 atom stereocenters. The summed E-state index contributed by atoms with van der Waals surface area (Å²) < 4.78 is 0. The summed E-state index contributed by atoms with van der Waals surface area (Å²) in [5.41, 5.74) is 16.6. The molecular formula is C23H29N7O. The minimum absolute atomic E-state index is 0.140. The number of aromatic nitrogens is 3. The topological polar surface area (TPSA) is 126 Å². The van der Waals surface area contributed by atoms with E-state index in [1.54, 1.807) is 18.2 Å². The summed E-state index contributed by atoms with van der Waals surface area (Å²) >= 11 is 0. The van der Waals surface area contributed by atoms with Gasteiger partial charge in [0, 0.05) is 19.1 Å². The number of pyridine rings is 1. The number of nitrogens with two attached hydrogens (primary N) is 2. The van der Waals surface area contributed by atoms with Crippen LogP contribution in [0.1, 0.15) is 25.5 Å². The summed E-state index contributed by atoms with van der Waals surface area (Å²) in [6.07, 6.45) is 10.6. The molecule has 6 N–H and O–H groups in total. The molecule has 2 aromatic rings. The maximum Gasteiger partial charge on any atom is 0.230 e. The summed E-state index contributed by atoms with van der Waals surface area (Å²) in [7, 11) is 0. The SMILES string of the molecule is C=C/C(NC(=C)c1nc(-c2cncc(O)n2)ccc1N)=C(\C=C/C)N1CCC[C@H](N)C1. The van der Waals surface area contributed by atoms with E-state index in [4.69, 9.17) is 11.5 Å². The summed E-state index contributed by atoms with van der Waals surface area (Å²) in [4.78, 5) is 14.9. The molecule has 0 unspecified atom stereocenters. The lowest BCUT2D eigenvalue weighted by molar-refractivity contribution is 0.264. The largest absolute Gasteiger partial charge is 0.492 e. The second-order valence-corrected chi connectivity index (χ2v) is 7.35. The molecule has 0 aliphatic carbocycles. The lowest BCUT2D eigenvalue weighted by atomic mass is 10.1. The molecule has 1 fully saturated rings. The molecule has 0 saturated carbocycles. The van der Waals surface area contributed by atoms with Crippen molar-refractivity contribution in [3.05, 3.63) is 73.0 Å². The predicted molar refractivity (Wildman–Crippen MR) is 124 cm³/mol. The molecule has 0 spiro atoms. The van der Waals surface area contributed by atoms with Crippen LogP contribution in [0.15, 0.2) is 67.3 Å². The molecule has 31 heavy (non-hydrogen) atoms. The minimum atomic E-state index is -0.178. The fraction of sp³-hybridized carbons (Fsp3) is 0.261. The number of anilines is 1. The van der Waals surface area contributed by atoms with E-state index in [1.807, 2.05) is 19.1 Å². The average molecular weight is 420 g/mol. The molecule has 162 valence electrons. The van der Waals surface area contributed by atoms with Crippen LogP contribution in [-0.4, -0.2) is 44.1 Å². The Balaban J connectivity index is 1.93. The van der Waals surface area contributed by atoms with Gasteiger partial charge in [0.1, 0.15) is 11.4 Å². The Morgan fingerprint density at radius 1 is 1.29 bits per heavy atom. The lowest BCUT2D eigenvalue weighted by Crippen LogP contribution is -2.42. The maximum absolute atomic E-state index is 9.62. The van der Waals surface area contributed by atoms with Gasteiger partial charge in [-0.2, -0.15) is 0 Å². The van der Waals surface area contributed by atoms with Gasteiger partial charge in [-0.15, -0.1) is 0 Å². The van der Waals surface area contributed by atoms with Gasteiger partial charge in [0.2, 0.25) is 5.88 Å². The van der Waals surface area contributed by atoms with E-state index in [9.17, 15) is 5.11 Å². The van der Waals surface area contributed by atoms with Crippen LogP contribution in [0.5, 0.6) is 5.88 Å². The van der Waals surface area contributed by atoms with Gasteiger partial charge in [-0.3, -0.25) is 4.98 Å². The number of nitrogens with one attached hydrogen (secondary N) is 1. The molecule has 1 saturated heterocycles. The Hall–Kier alpha value is -3.65. The van der Waals surface area contributed by atoms with Gasteiger partial charge in [-0.25, -0.2) is 9.97 Å². The zero-order valence-corrected chi connectivity index (χ0v) is 17.8. The Labute approximate surface area is 182 Å². The van der Waals surface area contributed by atoms with E-state index in [-0.39, 0.29) is 11.9 Å². The van der Waals surface area contributed by atoms with Crippen molar-refractivity contribution >= 4 is 11.4 Å². The van der Waals surface area contributed by atoms with Gasteiger partial charge in [0.05, 0.1) is 40.9 Å². The van der Waals surface area contributed by atoms with E-state index in [1.165, 1.54) is 12.4 Å². The van der Waals surface area contributed by atoms with Crippen molar-refractivity contribution in [2.75, 3.05) is 18.8 Å². The maximum atomic E-state index is 9.62. The summed E-state index contributed by atoms with van der Waals surface area (Å²) in [5, 5.41) is 12.9. The highest BCUT2D eigenvalue weighted by atomic mass is 16.3. The molecule has 8 heteroatoms. The third-order valence-corrected chi connectivity index (χ3v) is 4.99. The Morgan fingerprint density at radius 3 is 2.77 bits per heavy atom. The number of hydrogen-bond acceptors (Lipinski definition) is 8. The van der Waals surface area contributed by atoms with Crippen molar-refractivity contribution in [1.82, 2.24) is 25.2 Å². The van der Waals surface area contributed by atoms with Crippen LogP contribution in [0.25, 0.3) is 17.1 Å². The summed E-state index contributed by atoms with van der Waals surface area (Å²) in [6.45, 7) is 11.8. The van der Waals surface area contributed by atoms with E-state index in [0.717, 1.165) is 37.3 Å². The zero-order valence-electron chi connectivity index (χ0n) is 17.8. The zero-order chi connectivity index (χ0) is 22.4. The molecular weight excluding hydrogens is 390 g/mol. The normalized spacial score (nSPS) is 17.4. The highest BCUT2D eigenvalue weighted by molar-refractivity contribution is 5.73. The fourth-order valence-corrected chi connectivity index (χ4v) is 3.53. The van der Waals surface area contributed by atoms with Crippen LogP contribution in [0.2, 0.25) is 0 Å². The average Bonchev–Trinajstić information content (AvgIpc) is 2.76. The van der Waals surface area contributed by atoms with E-state index in [2.05, 4.69) is 38.3 Å². The van der Waals surface area contributed by atoms with Gasteiger partial charge >= 0.3 is 0 Å². The second-order valence-electron chi connectivity index (χ2n) is 7.35. The van der Waals surface area contributed by atoms with Crippen molar-refractivity contribution < 1.29 is 5.11 Å². The smallest absolute Gasteiger partial charge is 0.230 e. The third-order valence-electron chi connectivity index (χ3n) is 4.99. The van der Waals surface area contributed by atoms with Gasteiger partial charge in [-0.1, -0.05) is 19.2 Å². The molecule has 0 amide bonds. The summed E-state index contributed by atoms with van der Waals surface area (Å²) in [6, 6.07) is 3.59. The van der Waals surface area contributed by atoms with Crippen LogP contribution in [0.3, 0.4) is 0 Å². The van der Waals surface area contributed by atoms with Crippen LogP contribution in [0.4, 0.5) is 5.69 Å². The first-order chi connectivity index (χ1) is 14.9. The third kappa shape index (κ3) is 5.29. The van der Waals surface area contributed by atoms with Crippen molar-refractivity contribution in [3.63, 3.8) is 0 Å². The number of piperidine rings is 1. The van der Waals surface area contributed by atoms with Gasteiger partial charge in [0.15, 0.2) is 0 Å². The number of hydrogen-bond donors (Lipinski definition) is 4. The number of likely N-dealkylation sites (tertiary alicyclic amines) is 1. The standard InChI is InChI=1S/C23H29N7O/c1-4-7-21(30-11-6-8-16(24)14-30)18(5-2)27-15(3)23-17(25)9-10-19(29-23)20-12-26-13-22(31)28-20/h4-5,7,9-10,12-13,16,27H,2-3,6,8,11,14,24-25H2,1H3,(H,28,31)/b7-4-,21-18-/t16-/m0/s1. The second kappa shape index (κ2) is 9.90. The van der Waals surface area contributed by atoms with Gasteiger partial charge < -0.3 is 26.8 Å². The lowest BCUT2D eigenvalue weighted by Gasteiger charge is -2.34. The monoisotopic (exact) mass is 419 g/mol. The first-order valence-electron chi connectivity index (χ1n) is 10.2. The highest BCUT2D eigenvalue weighted by Crippen LogP contribution is 2.25. The molecule has 0 radical (unpaired) electrons. The predicted octanol–water partition coefficient (Wildman–Crippen LogP) is 2.78. The molecule has 0 bridgehead atoms. The molecule has 0 aromatic carbocycles. The fourth-order valence-electron chi connectivity index (χ4n) is 3.53. The number of nitrogens with zero attached hydrogens (tertiary/aromatic N) is 4. The van der Waals surface area contributed by atoms with Gasteiger partial charge in [0.25, 0.3) is 0 Å².